The Kier molecular flexibility index (Phi) is 11.6. The first-order chi connectivity index (χ1) is 22.0. The summed E-state index contributed by atoms with van der Waals surface area (Å²) in [5, 5.41) is 20.0. The quantitative estimate of drug-likeness (QED) is 0.147. The molecule has 45 heavy (non-hydrogen) atoms. The van der Waals surface area contributed by atoms with Crippen LogP contribution in [0.4, 0.5) is 0 Å². The van der Waals surface area contributed by atoms with Crippen molar-refractivity contribution in [3.05, 3.63) is 105 Å². The second kappa shape index (κ2) is 16.0. The van der Waals surface area contributed by atoms with Crippen LogP contribution in [0.3, 0.4) is 0 Å². The van der Waals surface area contributed by atoms with Gasteiger partial charge >= 0.3 is 0 Å². The molecule has 1 aliphatic rings. The van der Waals surface area contributed by atoms with Gasteiger partial charge in [-0.3, -0.25) is 4.98 Å². The highest BCUT2D eigenvalue weighted by Gasteiger charge is 2.16. The average molecular weight is 647 g/mol. The third-order valence-electron chi connectivity index (χ3n) is 8.01. The number of ether oxygens (including phenoxy) is 3. The van der Waals surface area contributed by atoms with E-state index in [9.17, 15) is 5.11 Å². The van der Waals surface area contributed by atoms with Gasteiger partial charge in [-0.15, -0.1) is 0 Å². The minimum atomic E-state index is -0.255. The van der Waals surface area contributed by atoms with Gasteiger partial charge < -0.3 is 24.2 Å². The molecule has 1 aliphatic heterocycles. The molecule has 5 rings (SSSR count). The number of piperidine rings is 1. The van der Waals surface area contributed by atoms with Crippen molar-refractivity contribution in [2.24, 2.45) is 0 Å². The third kappa shape index (κ3) is 8.47. The average Bonchev–Trinajstić information content (AvgIpc) is 3.07. The lowest BCUT2D eigenvalue weighted by molar-refractivity contribution is 0.205. The minimum Gasteiger partial charge on any atom is -0.492 e. The second-order valence-corrected chi connectivity index (χ2v) is 11.9. The van der Waals surface area contributed by atoms with Gasteiger partial charge in [0.05, 0.1) is 28.8 Å². The van der Waals surface area contributed by atoms with E-state index >= 15 is 0 Å². The number of hydrogen-bond donors (Lipinski definition) is 1. The highest BCUT2D eigenvalue weighted by atomic mass is 35.5. The standard InChI is InChI=1S/C36H37Cl2N3O4/c1-25-28(24-45-35-18-34(29(22-42)17-32(35)37)44-23-27-16-26(19-39)20-40-21-27)8-5-9-30(25)31-10-6-11-33(36(31)38)43-15-7-14-41-12-3-2-4-13-41/h5-6,8-11,16-18,20-21,42H,2-4,7,12-15,22-24H2,1H3. The van der Waals surface area contributed by atoms with Gasteiger partial charge in [-0.05, 0) is 74.2 Å². The van der Waals surface area contributed by atoms with Crippen molar-refractivity contribution in [1.29, 1.82) is 5.26 Å². The molecule has 9 heteroatoms. The first-order valence-corrected chi connectivity index (χ1v) is 16.0. The van der Waals surface area contributed by atoms with Crippen LogP contribution in [0.1, 0.15) is 53.5 Å². The third-order valence-corrected chi connectivity index (χ3v) is 8.70. The molecule has 0 unspecified atom stereocenters. The molecule has 1 fully saturated rings. The molecule has 0 amide bonds. The zero-order chi connectivity index (χ0) is 31.6. The van der Waals surface area contributed by atoms with E-state index in [1.54, 1.807) is 24.4 Å². The minimum absolute atomic E-state index is 0.166. The summed E-state index contributed by atoms with van der Waals surface area (Å²) in [5.74, 6) is 1.55. The summed E-state index contributed by atoms with van der Waals surface area (Å²) in [5.41, 5.74) is 5.61. The van der Waals surface area contributed by atoms with Gasteiger partial charge in [-0.1, -0.05) is 60.0 Å². The number of aliphatic hydroxyl groups is 1. The second-order valence-electron chi connectivity index (χ2n) is 11.1. The van der Waals surface area contributed by atoms with Gasteiger partial charge in [0, 0.05) is 41.7 Å². The molecular weight excluding hydrogens is 609 g/mol. The first-order valence-electron chi connectivity index (χ1n) is 15.2. The lowest BCUT2D eigenvalue weighted by Gasteiger charge is -2.26. The summed E-state index contributed by atoms with van der Waals surface area (Å²) in [6.45, 7) is 6.25. The van der Waals surface area contributed by atoms with Crippen LogP contribution in [-0.2, 0) is 19.8 Å². The van der Waals surface area contributed by atoms with Crippen LogP contribution in [0.25, 0.3) is 11.1 Å². The molecule has 1 saturated heterocycles. The van der Waals surface area contributed by atoms with Crippen molar-refractivity contribution in [2.75, 3.05) is 26.2 Å². The van der Waals surface area contributed by atoms with Crippen LogP contribution in [0.5, 0.6) is 17.2 Å². The summed E-state index contributed by atoms with van der Waals surface area (Å²) in [4.78, 5) is 6.58. The molecule has 7 nitrogen and oxygen atoms in total. The molecule has 0 spiro atoms. The lowest BCUT2D eigenvalue weighted by atomic mass is 9.96. The van der Waals surface area contributed by atoms with Crippen LogP contribution in [0.2, 0.25) is 10.0 Å². The highest BCUT2D eigenvalue weighted by molar-refractivity contribution is 6.35. The Hall–Kier alpha value is -3.80. The number of aliphatic hydroxyl groups excluding tert-OH is 1. The van der Waals surface area contributed by atoms with Crippen molar-refractivity contribution in [1.82, 2.24) is 9.88 Å². The number of halogens is 2. The molecular formula is C36H37Cl2N3O4. The smallest absolute Gasteiger partial charge is 0.142 e. The van der Waals surface area contributed by atoms with E-state index in [2.05, 4.69) is 16.0 Å². The lowest BCUT2D eigenvalue weighted by Crippen LogP contribution is -2.31. The normalized spacial score (nSPS) is 13.3. The molecule has 0 atom stereocenters. The van der Waals surface area contributed by atoms with Crippen molar-refractivity contribution < 1.29 is 19.3 Å². The maximum absolute atomic E-state index is 9.90. The number of nitrogens with zero attached hydrogens (tertiary/aromatic N) is 3. The Bertz CT molecular complexity index is 1650. The number of benzene rings is 3. The predicted octanol–water partition coefficient (Wildman–Crippen LogP) is 8.14. The zero-order valence-electron chi connectivity index (χ0n) is 25.4. The molecule has 3 aromatic carbocycles. The molecule has 1 aromatic heterocycles. The monoisotopic (exact) mass is 645 g/mol. The maximum Gasteiger partial charge on any atom is 0.142 e. The number of pyridine rings is 1. The van der Waals surface area contributed by atoms with Gasteiger partial charge in [0.2, 0.25) is 0 Å². The van der Waals surface area contributed by atoms with Gasteiger partial charge in [0.15, 0.2) is 0 Å². The van der Waals surface area contributed by atoms with Crippen molar-refractivity contribution >= 4 is 23.2 Å². The van der Waals surface area contributed by atoms with Gasteiger partial charge in [0.25, 0.3) is 0 Å². The van der Waals surface area contributed by atoms with Crippen molar-refractivity contribution in [2.45, 2.75) is 52.4 Å². The Morgan fingerprint density at radius 3 is 2.44 bits per heavy atom. The Balaban J connectivity index is 1.26. The molecule has 0 radical (unpaired) electrons. The Morgan fingerprint density at radius 1 is 0.867 bits per heavy atom. The summed E-state index contributed by atoms with van der Waals surface area (Å²) in [6.07, 6.45) is 8.00. The molecule has 0 bridgehead atoms. The fraction of sp³-hybridized carbons (Fsp3) is 0.333. The maximum atomic E-state index is 9.90. The molecule has 2 heterocycles. The van der Waals surface area contributed by atoms with Crippen LogP contribution >= 0.6 is 23.2 Å². The van der Waals surface area contributed by atoms with E-state index in [1.165, 1.54) is 38.5 Å². The zero-order valence-corrected chi connectivity index (χ0v) is 26.9. The predicted molar refractivity (Wildman–Crippen MR) is 177 cm³/mol. The van der Waals surface area contributed by atoms with E-state index in [0.29, 0.717) is 45.0 Å². The van der Waals surface area contributed by atoms with E-state index in [-0.39, 0.29) is 19.8 Å². The van der Waals surface area contributed by atoms with E-state index in [4.69, 9.17) is 42.7 Å². The number of nitriles is 1. The van der Waals surface area contributed by atoms with Gasteiger partial charge in [0.1, 0.15) is 36.5 Å². The summed E-state index contributed by atoms with van der Waals surface area (Å²) in [6, 6.07) is 19.0. The molecule has 4 aromatic rings. The van der Waals surface area contributed by atoms with Crippen molar-refractivity contribution in [3.63, 3.8) is 0 Å². The van der Waals surface area contributed by atoms with Crippen LogP contribution in [-0.4, -0.2) is 41.2 Å². The largest absolute Gasteiger partial charge is 0.492 e. The molecule has 0 aliphatic carbocycles. The van der Waals surface area contributed by atoms with Crippen LogP contribution < -0.4 is 14.2 Å². The molecule has 0 saturated carbocycles. The number of likely N-dealkylation sites (tertiary alicyclic amines) is 1. The van der Waals surface area contributed by atoms with Crippen LogP contribution in [0.15, 0.2) is 67.0 Å². The Labute approximate surface area is 274 Å². The summed E-state index contributed by atoms with van der Waals surface area (Å²) >= 11 is 13.4. The van der Waals surface area contributed by atoms with E-state index in [1.807, 2.05) is 43.3 Å². The van der Waals surface area contributed by atoms with Gasteiger partial charge in [-0.25, -0.2) is 0 Å². The van der Waals surface area contributed by atoms with Crippen LogP contribution in [0, 0.1) is 18.3 Å². The van der Waals surface area contributed by atoms with Gasteiger partial charge in [-0.2, -0.15) is 5.26 Å². The van der Waals surface area contributed by atoms with Crippen molar-refractivity contribution in [3.8, 4) is 34.4 Å². The fourth-order valence-electron chi connectivity index (χ4n) is 5.50. The number of hydrogen-bond acceptors (Lipinski definition) is 7. The molecule has 234 valence electrons. The fourth-order valence-corrected chi connectivity index (χ4v) is 6.03. The number of aromatic nitrogens is 1. The highest BCUT2D eigenvalue weighted by Crippen LogP contribution is 2.38. The topological polar surface area (TPSA) is 87.8 Å². The summed E-state index contributed by atoms with van der Waals surface area (Å²) < 4.78 is 18.3. The van der Waals surface area contributed by atoms with E-state index in [0.717, 1.165) is 40.8 Å². The molecule has 1 N–H and O–H groups in total. The number of rotatable bonds is 13. The Morgan fingerprint density at radius 2 is 1.64 bits per heavy atom. The summed E-state index contributed by atoms with van der Waals surface area (Å²) in [7, 11) is 0. The first kappa shape index (κ1) is 32.6. The van der Waals surface area contributed by atoms with E-state index < -0.39 is 0 Å². The SMILES string of the molecule is Cc1c(COc2cc(OCc3cncc(C#N)c3)c(CO)cc2Cl)cccc1-c1cccc(OCCCN2CCCCC2)c1Cl.